The van der Waals surface area contributed by atoms with Gasteiger partial charge in [-0.25, -0.2) is 0 Å². The summed E-state index contributed by atoms with van der Waals surface area (Å²) in [5.41, 5.74) is 8.52. The SMILES string of the molecule is C[C@H](NCc1cc(=O)c2cc(C(N)=O)ccc2[nH]1)C1=CCCCC1. The van der Waals surface area contributed by atoms with Gasteiger partial charge >= 0.3 is 0 Å². The zero-order chi connectivity index (χ0) is 17.1. The molecule has 0 fully saturated rings. The summed E-state index contributed by atoms with van der Waals surface area (Å²) in [4.78, 5) is 26.8. The van der Waals surface area contributed by atoms with Crippen molar-refractivity contribution in [3.05, 3.63) is 57.4 Å². The smallest absolute Gasteiger partial charge is 0.248 e. The van der Waals surface area contributed by atoms with E-state index in [4.69, 9.17) is 5.73 Å². The largest absolute Gasteiger partial charge is 0.366 e. The van der Waals surface area contributed by atoms with Crippen LogP contribution < -0.4 is 16.5 Å². The van der Waals surface area contributed by atoms with E-state index >= 15 is 0 Å². The molecule has 0 bridgehead atoms. The van der Waals surface area contributed by atoms with Crippen LogP contribution in [0.4, 0.5) is 0 Å². The topological polar surface area (TPSA) is 88.0 Å². The van der Waals surface area contributed by atoms with Crippen molar-refractivity contribution in [1.82, 2.24) is 10.3 Å². The first kappa shape index (κ1) is 16.5. The lowest BCUT2D eigenvalue weighted by atomic mass is 9.95. The van der Waals surface area contributed by atoms with Crippen molar-refractivity contribution in [2.45, 2.75) is 45.2 Å². The van der Waals surface area contributed by atoms with Crippen LogP contribution in [0.15, 0.2) is 40.7 Å². The maximum absolute atomic E-state index is 12.3. The molecule has 0 spiro atoms. The second kappa shape index (κ2) is 7.01. The van der Waals surface area contributed by atoms with E-state index in [2.05, 4.69) is 23.3 Å². The van der Waals surface area contributed by atoms with Gasteiger partial charge < -0.3 is 16.0 Å². The molecule has 5 heteroatoms. The number of H-pyrrole nitrogens is 1. The number of hydrogen-bond acceptors (Lipinski definition) is 3. The van der Waals surface area contributed by atoms with Gasteiger partial charge in [-0.3, -0.25) is 9.59 Å². The van der Waals surface area contributed by atoms with Crippen LogP contribution in [0.3, 0.4) is 0 Å². The normalized spacial score (nSPS) is 16.0. The molecule has 0 aliphatic heterocycles. The first-order valence-electron chi connectivity index (χ1n) is 8.42. The number of nitrogens with two attached hydrogens (primary N) is 1. The number of rotatable bonds is 5. The van der Waals surface area contributed by atoms with Crippen LogP contribution in [0.1, 0.15) is 48.7 Å². The lowest BCUT2D eigenvalue weighted by molar-refractivity contribution is 0.100. The van der Waals surface area contributed by atoms with Gasteiger partial charge in [-0.15, -0.1) is 0 Å². The van der Waals surface area contributed by atoms with Gasteiger partial charge in [-0.2, -0.15) is 0 Å². The summed E-state index contributed by atoms with van der Waals surface area (Å²) in [6, 6.07) is 6.80. The van der Waals surface area contributed by atoms with Crippen LogP contribution in [0.5, 0.6) is 0 Å². The fraction of sp³-hybridized carbons (Fsp3) is 0.368. The Morgan fingerprint density at radius 3 is 2.88 bits per heavy atom. The fourth-order valence-corrected chi connectivity index (χ4v) is 3.20. The molecule has 1 aromatic heterocycles. The number of amides is 1. The maximum Gasteiger partial charge on any atom is 0.248 e. The summed E-state index contributed by atoms with van der Waals surface area (Å²) in [5, 5.41) is 3.96. The maximum atomic E-state index is 12.3. The molecule has 0 radical (unpaired) electrons. The van der Waals surface area contributed by atoms with Crippen LogP contribution >= 0.6 is 0 Å². The van der Waals surface area contributed by atoms with Gasteiger partial charge in [0.05, 0.1) is 0 Å². The summed E-state index contributed by atoms with van der Waals surface area (Å²) in [6.45, 7) is 2.76. The van der Waals surface area contributed by atoms with Gasteiger partial charge in [0.15, 0.2) is 5.43 Å². The Balaban J connectivity index is 1.78. The molecule has 24 heavy (non-hydrogen) atoms. The number of aromatic nitrogens is 1. The number of pyridine rings is 1. The molecule has 2 aromatic rings. The lowest BCUT2D eigenvalue weighted by Crippen LogP contribution is -2.29. The predicted octanol–water partition coefficient (Wildman–Crippen LogP) is 2.61. The standard InChI is InChI=1S/C19H23N3O2/c1-12(13-5-3-2-4-6-13)21-11-15-10-18(23)16-9-14(19(20)24)7-8-17(16)22-15/h5,7-10,12,21H,2-4,6,11H2,1H3,(H2,20,24)(H,22,23)/t12-/m0/s1. The molecule has 1 amide bonds. The number of primary amides is 1. The van der Waals surface area contributed by atoms with Crippen molar-refractivity contribution >= 4 is 16.8 Å². The van der Waals surface area contributed by atoms with Crippen molar-refractivity contribution in [1.29, 1.82) is 0 Å². The fourth-order valence-electron chi connectivity index (χ4n) is 3.20. The van der Waals surface area contributed by atoms with Crippen LogP contribution in [-0.4, -0.2) is 16.9 Å². The van der Waals surface area contributed by atoms with Crippen molar-refractivity contribution in [3.8, 4) is 0 Å². The van der Waals surface area contributed by atoms with Crippen LogP contribution in [0, 0.1) is 0 Å². The molecular weight excluding hydrogens is 302 g/mol. The summed E-state index contributed by atoms with van der Waals surface area (Å²) in [7, 11) is 0. The Bertz CT molecular complexity index is 851. The van der Waals surface area contributed by atoms with E-state index in [0.29, 0.717) is 29.1 Å². The third kappa shape index (κ3) is 3.57. The van der Waals surface area contributed by atoms with Crippen LogP contribution in [-0.2, 0) is 6.54 Å². The monoisotopic (exact) mass is 325 g/mol. The van der Waals surface area contributed by atoms with Crippen molar-refractivity contribution in [3.63, 3.8) is 0 Å². The molecule has 0 saturated heterocycles. The lowest BCUT2D eigenvalue weighted by Gasteiger charge is -2.21. The van der Waals surface area contributed by atoms with Crippen molar-refractivity contribution in [2.75, 3.05) is 0 Å². The second-order valence-corrected chi connectivity index (χ2v) is 6.41. The van der Waals surface area contributed by atoms with E-state index in [0.717, 1.165) is 18.5 Å². The van der Waals surface area contributed by atoms with E-state index in [1.165, 1.54) is 18.4 Å². The van der Waals surface area contributed by atoms with Gasteiger partial charge in [0, 0.05) is 40.8 Å². The van der Waals surface area contributed by atoms with Crippen LogP contribution in [0.2, 0.25) is 0 Å². The van der Waals surface area contributed by atoms with E-state index in [9.17, 15) is 9.59 Å². The number of benzene rings is 1. The first-order valence-corrected chi connectivity index (χ1v) is 8.42. The average molecular weight is 325 g/mol. The van der Waals surface area contributed by atoms with Gasteiger partial charge in [0.25, 0.3) is 0 Å². The number of hydrogen-bond donors (Lipinski definition) is 3. The quantitative estimate of drug-likeness (QED) is 0.738. The van der Waals surface area contributed by atoms with Gasteiger partial charge in [0.2, 0.25) is 5.91 Å². The molecule has 4 N–H and O–H groups in total. The molecule has 1 heterocycles. The zero-order valence-corrected chi connectivity index (χ0v) is 13.9. The first-order chi connectivity index (χ1) is 11.5. The van der Waals surface area contributed by atoms with E-state index in [1.54, 1.807) is 24.3 Å². The highest BCUT2D eigenvalue weighted by atomic mass is 16.1. The van der Waals surface area contributed by atoms with Gasteiger partial charge in [0.1, 0.15) is 0 Å². The van der Waals surface area contributed by atoms with Crippen LogP contribution in [0.25, 0.3) is 10.9 Å². The molecule has 1 atom stereocenters. The molecule has 5 nitrogen and oxygen atoms in total. The minimum Gasteiger partial charge on any atom is -0.366 e. The number of carbonyl (C=O) groups is 1. The van der Waals surface area contributed by atoms with Gasteiger partial charge in [-0.05, 0) is 50.8 Å². The Hall–Kier alpha value is -2.40. The molecular formula is C19H23N3O2. The Morgan fingerprint density at radius 1 is 1.33 bits per heavy atom. The predicted molar refractivity (Wildman–Crippen MR) is 95.9 cm³/mol. The van der Waals surface area contributed by atoms with E-state index in [1.807, 2.05) is 0 Å². The molecule has 126 valence electrons. The summed E-state index contributed by atoms with van der Waals surface area (Å²) in [6.07, 6.45) is 7.18. The zero-order valence-electron chi connectivity index (χ0n) is 13.9. The summed E-state index contributed by atoms with van der Waals surface area (Å²) in [5.74, 6) is -0.531. The second-order valence-electron chi connectivity index (χ2n) is 6.41. The minimum absolute atomic E-state index is 0.104. The van der Waals surface area contributed by atoms with Crippen molar-refractivity contribution < 1.29 is 4.79 Å². The molecule has 0 saturated carbocycles. The number of aromatic amines is 1. The molecule has 0 unspecified atom stereocenters. The highest BCUT2D eigenvalue weighted by molar-refractivity contribution is 5.96. The molecule has 1 aromatic carbocycles. The van der Waals surface area contributed by atoms with E-state index in [-0.39, 0.29) is 5.43 Å². The number of allylic oxidation sites excluding steroid dienone is 1. The minimum atomic E-state index is -0.531. The highest BCUT2D eigenvalue weighted by Crippen LogP contribution is 2.20. The highest BCUT2D eigenvalue weighted by Gasteiger charge is 2.12. The van der Waals surface area contributed by atoms with Crippen molar-refractivity contribution in [2.24, 2.45) is 5.73 Å². The van der Waals surface area contributed by atoms with Gasteiger partial charge in [-0.1, -0.05) is 11.6 Å². The average Bonchev–Trinajstić information content (AvgIpc) is 2.60. The number of nitrogens with one attached hydrogen (secondary N) is 2. The summed E-state index contributed by atoms with van der Waals surface area (Å²) < 4.78 is 0. The summed E-state index contributed by atoms with van der Waals surface area (Å²) >= 11 is 0. The molecule has 1 aliphatic carbocycles. The third-order valence-electron chi connectivity index (χ3n) is 4.65. The Kier molecular flexibility index (Phi) is 4.81. The molecule has 3 rings (SSSR count). The Morgan fingerprint density at radius 2 is 2.17 bits per heavy atom. The Labute approximate surface area is 140 Å². The third-order valence-corrected chi connectivity index (χ3v) is 4.65. The number of fused-ring (bicyclic) bond motifs is 1. The molecule has 1 aliphatic rings. The van der Waals surface area contributed by atoms with E-state index < -0.39 is 5.91 Å². The number of carbonyl (C=O) groups excluding carboxylic acids is 1.